The lowest BCUT2D eigenvalue weighted by Crippen LogP contribution is -2.36. The number of carbonyl (C=O) groups excluding carboxylic acids is 1. The third kappa shape index (κ3) is 8.86. The molecular weight excluding hydrogens is 491 g/mol. The molecule has 30 heavy (non-hydrogen) atoms. The van der Waals surface area contributed by atoms with Gasteiger partial charge in [-0.05, 0) is 30.2 Å². The second-order valence-electron chi connectivity index (χ2n) is 6.48. The molecule has 0 saturated heterocycles. The number of halogens is 1. The van der Waals surface area contributed by atoms with Crippen LogP contribution in [0, 0.1) is 0 Å². The van der Waals surface area contributed by atoms with Crippen molar-refractivity contribution < 1.29 is 9.53 Å². The Morgan fingerprint density at radius 1 is 1.10 bits per heavy atom. The summed E-state index contributed by atoms with van der Waals surface area (Å²) in [4.78, 5) is 15.9. The van der Waals surface area contributed by atoms with E-state index in [0.29, 0.717) is 32.1 Å². The molecule has 0 unspecified atom stereocenters. The molecule has 0 fully saturated rings. The topological polar surface area (TPSA) is 74.8 Å². The molecule has 2 aromatic rings. The highest BCUT2D eigenvalue weighted by atomic mass is 127. The van der Waals surface area contributed by atoms with Gasteiger partial charge in [0.05, 0.1) is 0 Å². The summed E-state index contributed by atoms with van der Waals surface area (Å²) in [6.45, 7) is 7.36. The SMILES string of the molecule is C=CCOc1ccccc1CNC(=NC)NCc1ccc(NC(=O)CCC)cc1.I. The zero-order valence-corrected chi connectivity index (χ0v) is 19.9. The molecule has 2 aromatic carbocycles. The number of amides is 1. The lowest BCUT2D eigenvalue weighted by molar-refractivity contribution is -0.116. The van der Waals surface area contributed by atoms with Crippen molar-refractivity contribution in [2.75, 3.05) is 19.0 Å². The number of nitrogens with zero attached hydrogens (tertiary/aromatic N) is 1. The fraction of sp³-hybridized carbons (Fsp3) is 0.304. The molecule has 0 saturated carbocycles. The van der Waals surface area contributed by atoms with E-state index in [0.717, 1.165) is 29.0 Å². The predicted octanol–water partition coefficient (Wildman–Crippen LogP) is 4.47. The maximum absolute atomic E-state index is 11.7. The van der Waals surface area contributed by atoms with Crippen LogP contribution in [0.5, 0.6) is 5.75 Å². The van der Waals surface area contributed by atoms with Gasteiger partial charge in [0, 0.05) is 37.8 Å². The number of carbonyl (C=O) groups is 1. The van der Waals surface area contributed by atoms with Crippen molar-refractivity contribution in [3.8, 4) is 5.75 Å². The third-order valence-corrected chi connectivity index (χ3v) is 4.17. The van der Waals surface area contributed by atoms with Gasteiger partial charge in [0.25, 0.3) is 0 Å². The normalized spacial score (nSPS) is 10.5. The molecule has 0 spiro atoms. The number of aliphatic imine (C=N–C) groups is 1. The van der Waals surface area contributed by atoms with Gasteiger partial charge in [0.15, 0.2) is 5.96 Å². The number of nitrogens with one attached hydrogen (secondary N) is 3. The van der Waals surface area contributed by atoms with E-state index in [1.807, 2.05) is 55.5 Å². The number of hydrogen-bond acceptors (Lipinski definition) is 3. The number of rotatable bonds is 10. The van der Waals surface area contributed by atoms with Crippen LogP contribution in [-0.4, -0.2) is 25.5 Å². The highest BCUT2D eigenvalue weighted by molar-refractivity contribution is 14.0. The lowest BCUT2D eigenvalue weighted by Gasteiger charge is -2.14. The van der Waals surface area contributed by atoms with Crippen LogP contribution in [0.4, 0.5) is 5.69 Å². The Balaban J connectivity index is 0.00000450. The van der Waals surface area contributed by atoms with Crippen LogP contribution < -0.4 is 20.7 Å². The Bertz CT molecular complexity index is 822. The van der Waals surface area contributed by atoms with E-state index >= 15 is 0 Å². The minimum atomic E-state index is 0. The molecule has 0 aliphatic carbocycles. The van der Waals surface area contributed by atoms with Crippen molar-refractivity contribution in [1.29, 1.82) is 0 Å². The number of anilines is 1. The zero-order chi connectivity index (χ0) is 20.9. The second kappa shape index (κ2) is 14.4. The summed E-state index contributed by atoms with van der Waals surface area (Å²) in [6, 6.07) is 15.7. The smallest absolute Gasteiger partial charge is 0.224 e. The van der Waals surface area contributed by atoms with Crippen molar-refractivity contribution >= 4 is 41.5 Å². The molecule has 0 heterocycles. The van der Waals surface area contributed by atoms with Crippen LogP contribution in [0.25, 0.3) is 0 Å². The van der Waals surface area contributed by atoms with E-state index in [1.165, 1.54) is 0 Å². The van der Waals surface area contributed by atoms with Crippen molar-refractivity contribution in [2.24, 2.45) is 4.99 Å². The standard InChI is InChI=1S/C23H30N4O2.HI/c1-4-8-22(28)27-20-13-11-18(12-14-20)16-25-23(24-3)26-17-19-9-6-7-10-21(19)29-15-5-2;/h5-7,9-14H,2,4,8,15-17H2,1,3H3,(H,27,28)(H2,24,25,26);1H. The average molecular weight is 522 g/mol. The first-order chi connectivity index (χ1) is 14.2. The minimum Gasteiger partial charge on any atom is -0.489 e. The molecule has 3 N–H and O–H groups in total. The molecule has 0 aromatic heterocycles. The van der Waals surface area contributed by atoms with Crippen LogP contribution >= 0.6 is 24.0 Å². The quantitative estimate of drug-likeness (QED) is 0.186. The van der Waals surface area contributed by atoms with Gasteiger partial charge in [-0.3, -0.25) is 9.79 Å². The summed E-state index contributed by atoms with van der Waals surface area (Å²) in [6.07, 6.45) is 3.10. The van der Waals surface area contributed by atoms with Gasteiger partial charge in [0.1, 0.15) is 12.4 Å². The minimum absolute atomic E-state index is 0. The van der Waals surface area contributed by atoms with E-state index in [4.69, 9.17) is 4.74 Å². The average Bonchev–Trinajstić information content (AvgIpc) is 2.74. The van der Waals surface area contributed by atoms with Crippen molar-refractivity contribution in [3.05, 3.63) is 72.3 Å². The molecule has 1 amide bonds. The van der Waals surface area contributed by atoms with Crippen LogP contribution in [0.1, 0.15) is 30.9 Å². The molecule has 0 aliphatic heterocycles. The van der Waals surface area contributed by atoms with Gasteiger partial charge in [-0.15, -0.1) is 24.0 Å². The number of ether oxygens (including phenoxy) is 1. The first-order valence-electron chi connectivity index (χ1n) is 9.81. The van der Waals surface area contributed by atoms with E-state index in [2.05, 4.69) is 27.5 Å². The Labute approximate surface area is 196 Å². The fourth-order valence-electron chi connectivity index (χ4n) is 2.68. The molecule has 0 aliphatic rings. The van der Waals surface area contributed by atoms with Gasteiger partial charge in [0.2, 0.25) is 5.91 Å². The Morgan fingerprint density at radius 2 is 1.80 bits per heavy atom. The van der Waals surface area contributed by atoms with Gasteiger partial charge >= 0.3 is 0 Å². The molecular formula is C23H31IN4O2. The predicted molar refractivity (Wildman–Crippen MR) is 135 cm³/mol. The lowest BCUT2D eigenvalue weighted by atomic mass is 10.2. The summed E-state index contributed by atoms with van der Waals surface area (Å²) in [5.41, 5.74) is 2.95. The zero-order valence-electron chi connectivity index (χ0n) is 17.6. The number of benzene rings is 2. The molecule has 0 radical (unpaired) electrons. The van der Waals surface area contributed by atoms with Gasteiger partial charge in [-0.2, -0.15) is 0 Å². The Kier molecular flexibility index (Phi) is 12.3. The fourth-order valence-corrected chi connectivity index (χ4v) is 2.68. The van der Waals surface area contributed by atoms with E-state index in [-0.39, 0.29) is 29.9 Å². The summed E-state index contributed by atoms with van der Waals surface area (Å²) in [5.74, 6) is 1.57. The molecule has 6 nitrogen and oxygen atoms in total. The third-order valence-electron chi connectivity index (χ3n) is 4.17. The van der Waals surface area contributed by atoms with Gasteiger partial charge < -0.3 is 20.7 Å². The maximum Gasteiger partial charge on any atom is 0.224 e. The van der Waals surface area contributed by atoms with Crippen molar-refractivity contribution in [2.45, 2.75) is 32.9 Å². The van der Waals surface area contributed by atoms with Crippen LogP contribution in [0.2, 0.25) is 0 Å². The van der Waals surface area contributed by atoms with Crippen LogP contribution in [0.15, 0.2) is 66.2 Å². The highest BCUT2D eigenvalue weighted by Gasteiger charge is 2.05. The molecule has 0 bridgehead atoms. The number of para-hydroxylation sites is 1. The largest absolute Gasteiger partial charge is 0.489 e. The van der Waals surface area contributed by atoms with Gasteiger partial charge in [-0.1, -0.05) is 49.9 Å². The summed E-state index contributed by atoms with van der Waals surface area (Å²) in [5, 5.41) is 9.48. The molecule has 7 heteroatoms. The second-order valence-corrected chi connectivity index (χ2v) is 6.48. The number of guanidine groups is 1. The van der Waals surface area contributed by atoms with Crippen LogP contribution in [-0.2, 0) is 17.9 Å². The first-order valence-corrected chi connectivity index (χ1v) is 9.81. The molecule has 162 valence electrons. The summed E-state index contributed by atoms with van der Waals surface area (Å²) >= 11 is 0. The highest BCUT2D eigenvalue weighted by Crippen LogP contribution is 2.17. The van der Waals surface area contributed by atoms with Crippen molar-refractivity contribution in [1.82, 2.24) is 10.6 Å². The van der Waals surface area contributed by atoms with Gasteiger partial charge in [-0.25, -0.2) is 0 Å². The van der Waals surface area contributed by atoms with Crippen molar-refractivity contribution in [3.63, 3.8) is 0 Å². The van der Waals surface area contributed by atoms with E-state index < -0.39 is 0 Å². The molecule has 0 atom stereocenters. The van der Waals surface area contributed by atoms with E-state index in [1.54, 1.807) is 13.1 Å². The summed E-state index contributed by atoms with van der Waals surface area (Å²) in [7, 11) is 1.74. The van der Waals surface area contributed by atoms with E-state index in [9.17, 15) is 4.79 Å². The monoisotopic (exact) mass is 522 g/mol. The Morgan fingerprint density at radius 3 is 2.47 bits per heavy atom. The first kappa shape index (κ1) is 25.5. The Hall–Kier alpha value is -2.55. The number of hydrogen-bond donors (Lipinski definition) is 3. The molecule has 2 rings (SSSR count). The van der Waals surface area contributed by atoms with Crippen LogP contribution in [0.3, 0.4) is 0 Å². The maximum atomic E-state index is 11.7. The summed E-state index contributed by atoms with van der Waals surface area (Å²) < 4.78 is 5.69.